The van der Waals surface area contributed by atoms with Gasteiger partial charge in [-0.05, 0) is 115 Å². The molecule has 0 heterocycles. The van der Waals surface area contributed by atoms with Gasteiger partial charge in [-0.25, -0.2) is 0 Å². The van der Waals surface area contributed by atoms with Gasteiger partial charge in [-0.1, -0.05) is 226 Å². The van der Waals surface area contributed by atoms with E-state index >= 15 is 0 Å². The van der Waals surface area contributed by atoms with Crippen LogP contribution in [0, 0.1) is 0 Å². The number of carbonyl (C=O) groups excluding carboxylic acids is 2. The zero-order chi connectivity index (χ0) is 55.7. The van der Waals surface area contributed by atoms with Gasteiger partial charge in [0.15, 0.2) is 0 Å². The number of nitrogens with one attached hydrogen (secondary N) is 1. The zero-order valence-electron chi connectivity index (χ0n) is 49.4. The number of allylic oxidation sites excluding steroid dienone is 19. The molecule has 3 atom stereocenters. The molecule has 0 fully saturated rings. The first kappa shape index (κ1) is 72.4. The Morgan fingerprint density at radius 2 is 0.855 bits per heavy atom. The molecule has 0 aromatic carbocycles. The summed E-state index contributed by atoms with van der Waals surface area (Å²) in [5.74, 6) is -0.637. The lowest BCUT2D eigenvalue weighted by molar-refractivity contribution is -0.870. The Hall–Kier alpha value is -3.59. The van der Waals surface area contributed by atoms with Gasteiger partial charge in [0.05, 0.1) is 33.8 Å². The standard InChI is InChI=1S/C66H113N2O7P/c1-7-10-13-16-19-22-25-28-30-32-33-34-35-37-39-41-44-47-50-53-56-59-66(70)75-64(57-54-51-48-45-42-27-24-21-18-15-12-9-3)63(62-74-76(71,72)73-61-60-68(4,5)6)67-65(69)58-55-52-49-46-43-40-38-36-31-29-26-23-20-17-14-11-8-2/h10,13,19-20,22-23,28-31,33-34,37-40,46,49,54,57,63-64H,7-9,11-12,14-18,21,24-27,32,35-36,41-45,47-48,50-53,55-56,58-62H2,1-6H3,(H-,67,69,71,72)/b13-10-,22-19-,23-20-,30-28-,31-29-,34-33-,39-37-,40-38-,49-46-,57-54+. The molecule has 3 unspecified atom stereocenters. The van der Waals surface area contributed by atoms with Crippen LogP contribution in [0.5, 0.6) is 0 Å². The van der Waals surface area contributed by atoms with E-state index in [4.69, 9.17) is 13.8 Å². The van der Waals surface area contributed by atoms with Gasteiger partial charge in [0.25, 0.3) is 7.82 Å². The Morgan fingerprint density at radius 1 is 0.474 bits per heavy atom. The van der Waals surface area contributed by atoms with Crippen molar-refractivity contribution in [2.45, 2.75) is 245 Å². The summed E-state index contributed by atoms with van der Waals surface area (Å²) in [4.78, 5) is 39.9. The first-order valence-corrected chi connectivity index (χ1v) is 31.8. The van der Waals surface area contributed by atoms with E-state index < -0.39 is 26.6 Å². The lowest BCUT2D eigenvalue weighted by atomic mass is 10.1. The van der Waals surface area contributed by atoms with E-state index in [0.717, 1.165) is 109 Å². The van der Waals surface area contributed by atoms with Crippen LogP contribution in [0.15, 0.2) is 122 Å². The Kier molecular flexibility index (Phi) is 52.2. The number of phosphoric ester groups is 1. The minimum absolute atomic E-state index is 0.0423. The van der Waals surface area contributed by atoms with Gasteiger partial charge in [-0.3, -0.25) is 14.2 Å². The van der Waals surface area contributed by atoms with Crippen LogP contribution in [0.4, 0.5) is 0 Å². The largest absolute Gasteiger partial charge is 0.756 e. The number of unbranched alkanes of at least 4 members (excludes halogenated alkanes) is 19. The zero-order valence-corrected chi connectivity index (χ0v) is 50.3. The van der Waals surface area contributed by atoms with Crippen molar-refractivity contribution in [3.8, 4) is 0 Å². The minimum Gasteiger partial charge on any atom is -0.756 e. The summed E-state index contributed by atoms with van der Waals surface area (Å²) in [7, 11) is 1.12. The number of carbonyl (C=O) groups is 2. The molecule has 0 rings (SSSR count). The Balaban J connectivity index is 5.41. The number of amides is 1. The molecule has 0 aliphatic rings. The van der Waals surface area contributed by atoms with Crippen LogP contribution in [0.25, 0.3) is 0 Å². The van der Waals surface area contributed by atoms with Crippen LogP contribution in [0.2, 0.25) is 0 Å². The smallest absolute Gasteiger partial charge is 0.306 e. The first-order valence-electron chi connectivity index (χ1n) is 30.3. The highest BCUT2D eigenvalue weighted by Crippen LogP contribution is 2.38. The number of hydrogen-bond donors (Lipinski definition) is 1. The highest BCUT2D eigenvalue weighted by molar-refractivity contribution is 7.45. The van der Waals surface area contributed by atoms with Crippen molar-refractivity contribution in [3.63, 3.8) is 0 Å². The van der Waals surface area contributed by atoms with E-state index in [9.17, 15) is 19.0 Å². The molecule has 1 N–H and O–H groups in total. The normalized spacial score (nSPS) is 14.6. The van der Waals surface area contributed by atoms with Gasteiger partial charge >= 0.3 is 5.97 Å². The molecule has 10 heteroatoms. The summed E-state index contributed by atoms with van der Waals surface area (Å²) < 4.78 is 30.2. The van der Waals surface area contributed by atoms with Crippen molar-refractivity contribution in [2.24, 2.45) is 0 Å². The molecule has 0 aliphatic heterocycles. The topological polar surface area (TPSA) is 114 Å². The number of quaternary nitrogens is 1. The molecule has 0 saturated carbocycles. The fourth-order valence-electron chi connectivity index (χ4n) is 7.95. The van der Waals surface area contributed by atoms with Gasteiger partial charge < -0.3 is 28.5 Å². The molecule has 0 aliphatic carbocycles. The van der Waals surface area contributed by atoms with Crippen LogP contribution in [0.1, 0.15) is 233 Å². The molecule has 0 bridgehead atoms. The van der Waals surface area contributed by atoms with Crippen LogP contribution >= 0.6 is 7.82 Å². The van der Waals surface area contributed by atoms with E-state index in [-0.39, 0.29) is 31.3 Å². The predicted octanol–water partition coefficient (Wildman–Crippen LogP) is 18.1. The van der Waals surface area contributed by atoms with E-state index in [1.165, 1.54) is 77.0 Å². The number of nitrogens with zero attached hydrogens (tertiary/aromatic N) is 1. The minimum atomic E-state index is -4.72. The van der Waals surface area contributed by atoms with E-state index in [1.807, 2.05) is 27.2 Å². The van der Waals surface area contributed by atoms with Crippen molar-refractivity contribution in [1.29, 1.82) is 0 Å². The van der Waals surface area contributed by atoms with Crippen LogP contribution in [-0.4, -0.2) is 69.4 Å². The average molecular weight is 1080 g/mol. The van der Waals surface area contributed by atoms with Crippen molar-refractivity contribution >= 4 is 19.7 Å². The highest BCUT2D eigenvalue weighted by Gasteiger charge is 2.27. The number of likely N-dealkylation sites (N-methyl/N-ethyl adjacent to an activating group) is 1. The summed E-state index contributed by atoms with van der Waals surface area (Å²) >= 11 is 0. The molecule has 0 radical (unpaired) electrons. The number of esters is 1. The second kappa shape index (κ2) is 54.8. The summed E-state index contributed by atoms with van der Waals surface area (Å²) in [5.41, 5.74) is 0. The number of rotatable bonds is 53. The van der Waals surface area contributed by atoms with Crippen molar-refractivity contribution in [2.75, 3.05) is 40.9 Å². The lowest BCUT2D eigenvalue weighted by Crippen LogP contribution is -2.47. The third-order valence-electron chi connectivity index (χ3n) is 12.6. The fraction of sp³-hybridized carbons (Fsp3) is 0.667. The fourth-order valence-corrected chi connectivity index (χ4v) is 8.67. The molecule has 76 heavy (non-hydrogen) atoms. The van der Waals surface area contributed by atoms with Crippen LogP contribution in [-0.2, 0) is 27.9 Å². The van der Waals surface area contributed by atoms with Crippen molar-refractivity contribution < 1.29 is 37.3 Å². The third-order valence-corrected chi connectivity index (χ3v) is 13.6. The predicted molar refractivity (Wildman–Crippen MR) is 325 cm³/mol. The number of phosphoric acid groups is 1. The third kappa shape index (κ3) is 55.2. The molecule has 1 amide bonds. The second-order valence-corrected chi connectivity index (χ2v) is 22.5. The molecular weight excluding hydrogens is 964 g/mol. The first-order chi connectivity index (χ1) is 36.9. The van der Waals surface area contributed by atoms with Gasteiger partial charge in [-0.15, -0.1) is 0 Å². The maximum Gasteiger partial charge on any atom is 0.306 e. The number of ether oxygens (including phenoxy) is 1. The van der Waals surface area contributed by atoms with Crippen molar-refractivity contribution in [1.82, 2.24) is 5.32 Å². The lowest BCUT2D eigenvalue weighted by Gasteiger charge is -2.30. The Labute approximate surface area is 467 Å². The summed E-state index contributed by atoms with van der Waals surface area (Å²) in [6.45, 7) is 6.62. The molecule has 0 saturated heterocycles. The van der Waals surface area contributed by atoms with Crippen LogP contribution < -0.4 is 10.2 Å². The van der Waals surface area contributed by atoms with Crippen LogP contribution in [0.3, 0.4) is 0 Å². The van der Waals surface area contributed by atoms with Gasteiger partial charge in [0, 0.05) is 12.8 Å². The van der Waals surface area contributed by atoms with Gasteiger partial charge in [-0.2, -0.15) is 0 Å². The molecule has 0 aromatic heterocycles. The molecule has 434 valence electrons. The molecular formula is C66H113N2O7P. The molecule has 0 aromatic rings. The maximum atomic E-state index is 13.5. The Morgan fingerprint density at radius 3 is 1.32 bits per heavy atom. The summed E-state index contributed by atoms with van der Waals surface area (Å²) in [6.07, 6.45) is 76.0. The van der Waals surface area contributed by atoms with Gasteiger partial charge in [0.1, 0.15) is 19.3 Å². The van der Waals surface area contributed by atoms with Gasteiger partial charge in [0.2, 0.25) is 5.91 Å². The second-order valence-electron chi connectivity index (χ2n) is 21.1. The summed E-state index contributed by atoms with van der Waals surface area (Å²) in [6, 6.07) is -0.933. The van der Waals surface area contributed by atoms with E-state index in [1.54, 1.807) is 6.08 Å². The molecule has 0 spiro atoms. The van der Waals surface area contributed by atoms with E-state index in [2.05, 4.69) is 135 Å². The Bertz CT molecular complexity index is 1720. The highest BCUT2D eigenvalue weighted by atomic mass is 31.2. The molecule has 9 nitrogen and oxygen atoms in total. The quantitative estimate of drug-likeness (QED) is 0.0212. The SMILES string of the molecule is CC/C=C\C/C=C\C/C=C\C/C=C\C/C=C\CCCCCCCC(=O)OC(/C=C/CCCCCCCCCCCC)C(COP(=O)([O-])OCC[N+](C)(C)C)NC(=O)CCC/C=C\C/C=C\C/C=C\C/C=C\CCCCC. The summed E-state index contributed by atoms with van der Waals surface area (Å²) in [5, 5.41) is 2.98. The monoisotopic (exact) mass is 1080 g/mol. The number of hydrogen-bond acceptors (Lipinski definition) is 7. The van der Waals surface area contributed by atoms with E-state index in [0.29, 0.717) is 23.9 Å². The average Bonchev–Trinajstić information content (AvgIpc) is 3.38. The van der Waals surface area contributed by atoms with Crippen molar-refractivity contribution in [3.05, 3.63) is 122 Å². The maximum absolute atomic E-state index is 13.5.